The normalized spacial score (nSPS) is 18.6. The first-order chi connectivity index (χ1) is 10.3. The van der Waals surface area contributed by atoms with Crippen LogP contribution in [0.4, 0.5) is 5.69 Å². The molecule has 0 saturated heterocycles. The van der Waals surface area contributed by atoms with E-state index in [-0.39, 0.29) is 5.91 Å². The first-order valence-electron chi connectivity index (χ1n) is 7.71. The van der Waals surface area contributed by atoms with Crippen LogP contribution in [-0.4, -0.2) is 18.2 Å². The number of hydrogen-bond donors (Lipinski definition) is 0. The SMILES string of the molecule is N#CCSc1ccc2c(c1)CCC(=O)N2CC1CCCC1. The average Bonchev–Trinajstić information content (AvgIpc) is 3.01. The van der Waals surface area contributed by atoms with Crippen molar-refractivity contribution in [3.05, 3.63) is 23.8 Å². The molecule has 110 valence electrons. The summed E-state index contributed by atoms with van der Waals surface area (Å²) in [6.45, 7) is 0.885. The van der Waals surface area contributed by atoms with Gasteiger partial charge in [-0.15, -0.1) is 11.8 Å². The molecule has 3 nitrogen and oxygen atoms in total. The lowest BCUT2D eigenvalue weighted by Crippen LogP contribution is -2.38. The van der Waals surface area contributed by atoms with Crippen LogP contribution in [0.2, 0.25) is 0 Å². The van der Waals surface area contributed by atoms with Crippen LogP contribution < -0.4 is 4.90 Å². The van der Waals surface area contributed by atoms with E-state index in [4.69, 9.17) is 5.26 Å². The van der Waals surface area contributed by atoms with Crippen molar-refractivity contribution in [3.63, 3.8) is 0 Å². The Bertz CT molecular complexity index is 573. The third-order valence-electron chi connectivity index (χ3n) is 4.47. The minimum absolute atomic E-state index is 0.270. The molecular formula is C17H20N2OS. The van der Waals surface area contributed by atoms with Crippen LogP contribution >= 0.6 is 11.8 Å². The third kappa shape index (κ3) is 3.24. The number of hydrogen-bond acceptors (Lipinski definition) is 3. The minimum Gasteiger partial charge on any atom is -0.312 e. The minimum atomic E-state index is 0.270. The Morgan fingerprint density at radius 3 is 2.86 bits per heavy atom. The average molecular weight is 300 g/mol. The molecule has 0 spiro atoms. The number of carbonyl (C=O) groups is 1. The molecule has 1 amide bonds. The predicted molar refractivity (Wildman–Crippen MR) is 85.4 cm³/mol. The summed E-state index contributed by atoms with van der Waals surface area (Å²) in [6.07, 6.45) is 6.58. The summed E-state index contributed by atoms with van der Waals surface area (Å²) < 4.78 is 0. The van der Waals surface area contributed by atoms with Crippen LogP contribution in [0.3, 0.4) is 0 Å². The van der Waals surface area contributed by atoms with Gasteiger partial charge in [-0.2, -0.15) is 5.26 Å². The van der Waals surface area contributed by atoms with Gasteiger partial charge in [0.05, 0.1) is 11.8 Å². The molecule has 0 N–H and O–H groups in total. The third-order valence-corrected chi connectivity index (χ3v) is 5.33. The molecule has 1 aliphatic heterocycles. The van der Waals surface area contributed by atoms with Crippen molar-refractivity contribution in [3.8, 4) is 6.07 Å². The van der Waals surface area contributed by atoms with Gasteiger partial charge in [-0.05, 0) is 48.9 Å². The van der Waals surface area contributed by atoms with Crippen molar-refractivity contribution >= 4 is 23.4 Å². The molecule has 0 aromatic heterocycles. The van der Waals surface area contributed by atoms with Crippen LogP contribution in [0.25, 0.3) is 0 Å². The maximum atomic E-state index is 12.3. The second-order valence-electron chi connectivity index (χ2n) is 5.89. The van der Waals surface area contributed by atoms with Gasteiger partial charge in [0, 0.05) is 23.5 Å². The summed E-state index contributed by atoms with van der Waals surface area (Å²) in [4.78, 5) is 15.4. The highest BCUT2D eigenvalue weighted by atomic mass is 32.2. The van der Waals surface area contributed by atoms with Gasteiger partial charge >= 0.3 is 0 Å². The van der Waals surface area contributed by atoms with E-state index >= 15 is 0 Å². The molecule has 0 bridgehead atoms. The number of aryl methyl sites for hydroxylation is 1. The number of nitrogens with zero attached hydrogens (tertiary/aromatic N) is 2. The molecule has 1 aromatic rings. The Balaban J connectivity index is 1.80. The number of anilines is 1. The zero-order valence-electron chi connectivity index (χ0n) is 12.2. The van der Waals surface area contributed by atoms with E-state index < -0.39 is 0 Å². The van der Waals surface area contributed by atoms with Gasteiger partial charge in [0.1, 0.15) is 0 Å². The molecule has 1 fully saturated rings. The highest BCUT2D eigenvalue weighted by molar-refractivity contribution is 7.99. The molecule has 4 heteroatoms. The summed E-state index contributed by atoms with van der Waals surface area (Å²) in [6, 6.07) is 8.43. The highest BCUT2D eigenvalue weighted by Crippen LogP contribution is 2.34. The smallest absolute Gasteiger partial charge is 0.227 e. The van der Waals surface area contributed by atoms with E-state index in [2.05, 4.69) is 18.2 Å². The fourth-order valence-electron chi connectivity index (χ4n) is 3.39. The van der Waals surface area contributed by atoms with Crippen LogP contribution in [-0.2, 0) is 11.2 Å². The number of benzene rings is 1. The van der Waals surface area contributed by atoms with Gasteiger partial charge in [0.25, 0.3) is 0 Å². The van der Waals surface area contributed by atoms with Gasteiger partial charge in [0.2, 0.25) is 5.91 Å². The molecular weight excluding hydrogens is 280 g/mol. The number of fused-ring (bicyclic) bond motifs is 1. The molecule has 1 heterocycles. The maximum absolute atomic E-state index is 12.3. The Kier molecular flexibility index (Phi) is 4.50. The lowest BCUT2D eigenvalue weighted by atomic mass is 9.99. The number of nitriles is 1. The second kappa shape index (κ2) is 6.53. The van der Waals surface area contributed by atoms with E-state index in [1.165, 1.54) is 31.2 Å². The molecule has 0 atom stereocenters. The second-order valence-corrected chi connectivity index (χ2v) is 6.94. The Hall–Kier alpha value is -1.47. The lowest BCUT2D eigenvalue weighted by molar-refractivity contribution is -0.119. The van der Waals surface area contributed by atoms with E-state index in [1.807, 2.05) is 11.0 Å². The van der Waals surface area contributed by atoms with Crippen molar-refractivity contribution in [2.45, 2.75) is 43.4 Å². The molecule has 0 radical (unpaired) electrons. The van der Waals surface area contributed by atoms with Crippen LogP contribution in [0.15, 0.2) is 23.1 Å². The first-order valence-corrected chi connectivity index (χ1v) is 8.69. The predicted octanol–water partition coefficient (Wildman–Crippen LogP) is 3.77. The Morgan fingerprint density at radius 2 is 2.10 bits per heavy atom. The summed E-state index contributed by atoms with van der Waals surface area (Å²) >= 11 is 1.56. The number of rotatable bonds is 4. The molecule has 1 aromatic carbocycles. The van der Waals surface area contributed by atoms with E-state index in [0.29, 0.717) is 18.1 Å². The van der Waals surface area contributed by atoms with Gasteiger partial charge in [-0.3, -0.25) is 4.79 Å². The van der Waals surface area contributed by atoms with Crippen molar-refractivity contribution in [2.75, 3.05) is 17.2 Å². The molecule has 2 aliphatic rings. The molecule has 3 rings (SSSR count). The van der Waals surface area contributed by atoms with Crippen molar-refractivity contribution in [1.82, 2.24) is 0 Å². The van der Waals surface area contributed by atoms with Crippen LogP contribution in [0.1, 0.15) is 37.7 Å². The van der Waals surface area contributed by atoms with E-state index in [0.717, 1.165) is 23.5 Å². The van der Waals surface area contributed by atoms with Crippen LogP contribution in [0, 0.1) is 17.2 Å². The molecule has 0 unspecified atom stereocenters. The Labute approximate surface area is 130 Å². The van der Waals surface area contributed by atoms with Crippen molar-refractivity contribution in [2.24, 2.45) is 5.92 Å². The summed E-state index contributed by atoms with van der Waals surface area (Å²) in [5, 5.41) is 8.68. The Morgan fingerprint density at radius 1 is 1.29 bits per heavy atom. The molecule has 21 heavy (non-hydrogen) atoms. The number of carbonyl (C=O) groups excluding carboxylic acids is 1. The zero-order valence-corrected chi connectivity index (χ0v) is 13.0. The van der Waals surface area contributed by atoms with E-state index in [1.54, 1.807) is 11.8 Å². The summed E-state index contributed by atoms with van der Waals surface area (Å²) in [7, 11) is 0. The standard InChI is InChI=1S/C17H20N2OS/c18-9-10-21-15-6-7-16-14(11-15)5-8-17(20)19(16)12-13-3-1-2-4-13/h6-7,11,13H,1-5,8,10,12H2. The van der Waals surface area contributed by atoms with Gasteiger partial charge < -0.3 is 4.90 Å². The zero-order chi connectivity index (χ0) is 14.7. The lowest BCUT2D eigenvalue weighted by Gasteiger charge is -2.31. The summed E-state index contributed by atoms with van der Waals surface area (Å²) in [5.41, 5.74) is 2.36. The number of thioether (sulfide) groups is 1. The topological polar surface area (TPSA) is 44.1 Å². The monoisotopic (exact) mass is 300 g/mol. The largest absolute Gasteiger partial charge is 0.312 e. The van der Waals surface area contributed by atoms with Crippen molar-refractivity contribution in [1.29, 1.82) is 5.26 Å². The molecule has 1 aliphatic carbocycles. The first kappa shape index (κ1) is 14.5. The molecule has 1 saturated carbocycles. The maximum Gasteiger partial charge on any atom is 0.227 e. The van der Waals surface area contributed by atoms with Crippen LogP contribution in [0.5, 0.6) is 0 Å². The van der Waals surface area contributed by atoms with Gasteiger partial charge in [0.15, 0.2) is 0 Å². The fraction of sp³-hybridized carbons (Fsp3) is 0.529. The quantitative estimate of drug-likeness (QED) is 0.795. The fourth-order valence-corrected chi connectivity index (χ4v) is 4.01. The number of amides is 1. The summed E-state index contributed by atoms with van der Waals surface area (Å²) in [5.74, 6) is 1.42. The van der Waals surface area contributed by atoms with Gasteiger partial charge in [-0.1, -0.05) is 12.8 Å². The van der Waals surface area contributed by atoms with Crippen molar-refractivity contribution < 1.29 is 4.79 Å². The van der Waals surface area contributed by atoms with Gasteiger partial charge in [-0.25, -0.2) is 0 Å². The van der Waals surface area contributed by atoms with E-state index in [9.17, 15) is 4.79 Å². The highest BCUT2D eigenvalue weighted by Gasteiger charge is 2.27.